The Bertz CT molecular complexity index is 566. The highest BCUT2D eigenvalue weighted by atomic mass is 35.5. The summed E-state index contributed by atoms with van der Waals surface area (Å²) in [7, 11) is 1.33. The lowest BCUT2D eigenvalue weighted by molar-refractivity contribution is -0.140. The molecule has 0 bridgehead atoms. The average molecular weight is 305 g/mol. The lowest BCUT2D eigenvalue weighted by Crippen LogP contribution is -2.18. The van der Waals surface area contributed by atoms with Gasteiger partial charge in [-0.3, -0.25) is 4.79 Å². The number of esters is 1. The topological polar surface area (TPSA) is 35.5 Å². The number of carbonyl (C=O) groups excluding carboxylic acids is 1. The molecule has 0 radical (unpaired) electrons. The first-order chi connectivity index (χ1) is 10.2. The van der Waals surface area contributed by atoms with Crippen molar-refractivity contribution in [1.29, 1.82) is 0 Å². The lowest BCUT2D eigenvalue weighted by Gasteiger charge is -2.09. The van der Waals surface area contributed by atoms with Crippen LogP contribution in [-0.2, 0) is 22.6 Å². The Morgan fingerprint density at radius 1 is 1.05 bits per heavy atom. The van der Waals surface area contributed by atoms with Crippen molar-refractivity contribution in [3.63, 3.8) is 0 Å². The van der Waals surface area contributed by atoms with Crippen molar-refractivity contribution in [3.8, 4) is 5.75 Å². The summed E-state index contributed by atoms with van der Waals surface area (Å²) in [5.41, 5.74) is 2.08. The standard InChI is InChI=1S/C17H17ClO3/c1-20-17(19)16(18)11-13-7-9-15(10-8-13)21-12-14-5-3-2-4-6-14/h2-10,16H,11-12H2,1H3. The van der Waals surface area contributed by atoms with E-state index < -0.39 is 11.3 Å². The van der Waals surface area contributed by atoms with E-state index in [1.807, 2.05) is 54.6 Å². The molecule has 0 aliphatic rings. The zero-order valence-corrected chi connectivity index (χ0v) is 12.5. The minimum atomic E-state index is -0.661. The highest BCUT2D eigenvalue weighted by Gasteiger charge is 2.15. The third kappa shape index (κ3) is 4.80. The molecular weight excluding hydrogens is 288 g/mol. The average Bonchev–Trinajstić information content (AvgIpc) is 2.54. The molecule has 4 heteroatoms. The Labute approximate surface area is 129 Å². The first kappa shape index (κ1) is 15.4. The van der Waals surface area contributed by atoms with E-state index in [0.29, 0.717) is 13.0 Å². The van der Waals surface area contributed by atoms with Crippen molar-refractivity contribution in [3.05, 3.63) is 65.7 Å². The third-order valence-corrected chi connectivity index (χ3v) is 3.38. The summed E-state index contributed by atoms with van der Waals surface area (Å²) in [4.78, 5) is 11.3. The number of benzene rings is 2. The van der Waals surface area contributed by atoms with Gasteiger partial charge in [0.1, 0.15) is 17.7 Å². The Morgan fingerprint density at radius 3 is 2.33 bits per heavy atom. The SMILES string of the molecule is COC(=O)C(Cl)Cc1ccc(OCc2ccccc2)cc1. The molecule has 0 spiro atoms. The van der Waals surface area contributed by atoms with Gasteiger partial charge in [-0.25, -0.2) is 0 Å². The predicted molar refractivity (Wildman–Crippen MR) is 82.6 cm³/mol. The van der Waals surface area contributed by atoms with E-state index in [2.05, 4.69) is 4.74 Å². The Morgan fingerprint density at radius 2 is 1.71 bits per heavy atom. The van der Waals surface area contributed by atoms with Gasteiger partial charge in [-0.1, -0.05) is 42.5 Å². The minimum absolute atomic E-state index is 0.416. The molecular formula is C17H17ClO3. The summed E-state index contributed by atoms with van der Waals surface area (Å²) in [6.07, 6.45) is 0.438. The summed E-state index contributed by atoms with van der Waals surface area (Å²) in [6, 6.07) is 17.5. The molecule has 2 aromatic carbocycles. The smallest absolute Gasteiger partial charge is 0.324 e. The van der Waals surface area contributed by atoms with Crippen LogP contribution in [0.4, 0.5) is 0 Å². The van der Waals surface area contributed by atoms with Gasteiger partial charge in [0, 0.05) is 0 Å². The van der Waals surface area contributed by atoms with Gasteiger partial charge < -0.3 is 9.47 Å². The molecule has 0 saturated heterocycles. The molecule has 0 aromatic heterocycles. The molecule has 0 heterocycles. The molecule has 0 aliphatic carbocycles. The zero-order valence-electron chi connectivity index (χ0n) is 11.8. The highest BCUT2D eigenvalue weighted by Crippen LogP contribution is 2.16. The first-order valence-electron chi connectivity index (χ1n) is 6.66. The van der Waals surface area contributed by atoms with Gasteiger partial charge in [0.15, 0.2) is 0 Å². The molecule has 2 aromatic rings. The quantitative estimate of drug-likeness (QED) is 0.604. The van der Waals surface area contributed by atoms with Gasteiger partial charge in [0.2, 0.25) is 0 Å². The first-order valence-corrected chi connectivity index (χ1v) is 7.10. The van der Waals surface area contributed by atoms with Crippen LogP contribution in [0.25, 0.3) is 0 Å². The number of alkyl halides is 1. The Balaban J connectivity index is 1.88. The van der Waals surface area contributed by atoms with E-state index in [-0.39, 0.29) is 0 Å². The van der Waals surface area contributed by atoms with Crippen LogP contribution in [0, 0.1) is 0 Å². The van der Waals surface area contributed by atoms with E-state index in [9.17, 15) is 4.79 Å². The van der Waals surface area contributed by atoms with Crippen LogP contribution in [0.1, 0.15) is 11.1 Å². The summed E-state index contributed by atoms with van der Waals surface area (Å²) in [5.74, 6) is 0.368. The number of hydrogen-bond acceptors (Lipinski definition) is 3. The van der Waals surface area contributed by atoms with E-state index >= 15 is 0 Å². The lowest BCUT2D eigenvalue weighted by atomic mass is 10.1. The Kier molecular flexibility index (Phi) is 5.64. The normalized spacial score (nSPS) is 11.7. The maximum Gasteiger partial charge on any atom is 0.324 e. The van der Waals surface area contributed by atoms with Gasteiger partial charge >= 0.3 is 5.97 Å². The number of halogens is 1. The van der Waals surface area contributed by atoms with Crippen molar-refractivity contribution in [1.82, 2.24) is 0 Å². The van der Waals surface area contributed by atoms with Gasteiger partial charge in [-0.2, -0.15) is 0 Å². The van der Waals surface area contributed by atoms with E-state index in [0.717, 1.165) is 16.9 Å². The van der Waals surface area contributed by atoms with Gasteiger partial charge in [0.05, 0.1) is 7.11 Å². The number of rotatable bonds is 6. The summed E-state index contributed by atoms with van der Waals surface area (Å²) in [5, 5.41) is -0.661. The molecule has 0 saturated carbocycles. The summed E-state index contributed by atoms with van der Waals surface area (Å²) >= 11 is 5.94. The monoisotopic (exact) mass is 304 g/mol. The second-order valence-corrected chi connectivity index (χ2v) is 5.14. The maximum absolute atomic E-state index is 11.3. The van der Waals surface area contributed by atoms with Crippen LogP contribution >= 0.6 is 11.6 Å². The van der Waals surface area contributed by atoms with E-state index in [1.54, 1.807) is 0 Å². The van der Waals surface area contributed by atoms with Crippen molar-refractivity contribution in [2.45, 2.75) is 18.4 Å². The molecule has 2 rings (SSSR count). The number of ether oxygens (including phenoxy) is 2. The van der Waals surface area contributed by atoms with Crippen LogP contribution in [0.15, 0.2) is 54.6 Å². The molecule has 21 heavy (non-hydrogen) atoms. The van der Waals surface area contributed by atoms with Gasteiger partial charge in [-0.05, 0) is 29.7 Å². The molecule has 3 nitrogen and oxygen atoms in total. The number of hydrogen-bond donors (Lipinski definition) is 0. The van der Waals surface area contributed by atoms with E-state index in [1.165, 1.54) is 7.11 Å². The molecule has 1 unspecified atom stereocenters. The maximum atomic E-state index is 11.3. The van der Waals surface area contributed by atoms with Crippen molar-refractivity contribution in [2.75, 3.05) is 7.11 Å². The minimum Gasteiger partial charge on any atom is -0.489 e. The summed E-state index contributed by atoms with van der Waals surface area (Å²) in [6.45, 7) is 0.528. The molecule has 0 aliphatic heterocycles. The van der Waals surface area contributed by atoms with Crippen molar-refractivity contribution in [2.24, 2.45) is 0 Å². The Hall–Kier alpha value is -2.00. The largest absolute Gasteiger partial charge is 0.489 e. The highest BCUT2D eigenvalue weighted by molar-refractivity contribution is 6.30. The van der Waals surface area contributed by atoms with Crippen LogP contribution in [0.3, 0.4) is 0 Å². The fraction of sp³-hybridized carbons (Fsp3) is 0.235. The molecule has 1 atom stereocenters. The zero-order chi connectivity index (χ0) is 15.1. The molecule has 0 N–H and O–H groups in total. The van der Waals surface area contributed by atoms with Crippen LogP contribution in [0.5, 0.6) is 5.75 Å². The molecule has 110 valence electrons. The van der Waals surface area contributed by atoms with Gasteiger partial charge in [0.25, 0.3) is 0 Å². The van der Waals surface area contributed by atoms with Crippen LogP contribution in [0.2, 0.25) is 0 Å². The van der Waals surface area contributed by atoms with Crippen molar-refractivity contribution < 1.29 is 14.3 Å². The van der Waals surface area contributed by atoms with Crippen LogP contribution in [-0.4, -0.2) is 18.5 Å². The third-order valence-electron chi connectivity index (χ3n) is 3.04. The fourth-order valence-electron chi connectivity index (χ4n) is 1.88. The van der Waals surface area contributed by atoms with Crippen molar-refractivity contribution >= 4 is 17.6 Å². The molecule has 0 fully saturated rings. The fourth-order valence-corrected chi connectivity index (χ4v) is 2.15. The second kappa shape index (κ2) is 7.70. The molecule has 0 amide bonds. The number of methoxy groups -OCH3 is 1. The number of carbonyl (C=O) groups is 1. The van der Waals surface area contributed by atoms with E-state index in [4.69, 9.17) is 16.3 Å². The summed E-state index contributed by atoms with van der Waals surface area (Å²) < 4.78 is 10.3. The van der Waals surface area contributed by atoms with Gasteiger partial charge in [-0.15, -0.1) is 11.6 Å². The van der Waals surface area contributed by atoms with Crippen LogP contribution < -0.4 is 4.74 Å². The predicted octanol–water partition coefficient (Wildman–Crippen LogP) is 3.59. The second-order valence-electron chi connectivity index (χ2n) is 4.61.